The summed E-state index contributed by atoms with van der Waals surface area (Å²) < 4.78 is 0. The third kappa shape index (κ3) is 3.66. The first-order chi connectivity index (χ1) is 11.7. The Morgan fingerprint density at radius 3 is 2.79 bits per heavy atom. The van der Waals surface area contributed by atoms with E-state index in [0.717, 1.165) is 19.3 Å². The molecule has 1 aromatic carbocycles. The van der Waals surface area contributed by atoms with Gasteiger partial charge in [-0.15, -0.1) is 11.3 Å². The van der Waals surface area contributed by atoms with Crippen LogP contribution in [0.1, 0.15) is 44.7 Å². The largest absolute Gasteiger partial charge is 0.396 e. The Labute approximate surface area is 144 Å². The number of aryl methyl sites for hydroxylation is 2. The van der Waals surface area contributed by atoms with Gasteiger partial charge in [-0.1, -0.05) is 6.07 Å². The molecule has 0 spiro atoms. The molecule has 1 aliphatic rings. The predicted molar refractivity (Wildman–Crippen MR) is 94.8 cm³/mol. The highest BCUT2D eigenvalue weighted by Gasteiger charge is 2.17. The quantitative estimate of drug-likeness (QED) is 0.705. The van der Waals surface area contributed by atoms with Crippen LogP contribution in [0.3, 0.4) is 0 Å². The van der Waals surface area contributed by atoms with Gasteiger partial charge in [-0.3, -0.25) is 9.59 Å². The zero-order valence-electron chi connectivity index (χ0n) is 13.3. The summed E-state index contributed by atoms with van der Waals surface area (Å²) in [7, 11) is 0. The molecule has 2 amide bonds. The van der Waals surface area contributed by atoms with E-state index in [2.05, 4.69) is 10.6 Å². The third-order valence-electron chi connectivity index (χ3n) is 4.12. The van der Waals surface area contributed by atoms with Crippen LogP contribution in [0.15, 0.2) is 29.6 Å². The lowest BCUT2D eigenvalue weighted by Crippen LogP contribution is -2.25. The number of amides is 2. The maximum atomic E-state index is 12.5. The average Bonchev–Trinajstić information content (AvgIpc) is 3.23. The van der Waals surface area contributed by atoms with Gasteiger partial charge in [0.2, 0.25) is 0 Å². The smallest absolute Gasteiger partial charge is 0.256 e. The van der Waals surface area contributed by atoms with E-state index < -0.39 is 0 Å². The van der Waals surface area contributed by atoms with E-state index in [1.54, 1.807) is 11.4 Å². The van der Waals surface area contributed by atoms with Crippen LogP contribution in [0.5, 0.6) is 0 Å². The molecule has 24 heavy (non-hydrogen) atoms. The van der Waals surface area contributed by atoms with Gasteiger partial charge >= 0.3 is 0 Å². The number of hydrogen-bond donors (Lipinski definition) is 3. The number of carbonyl (C=O) groups excluding carboxylic acids is 2. The second-order valence-corrected chi connectivity index (χ2v) is 6.70. The van der Waals surface area contributed by atoms with Crippen LogP contribution >= 0.6 is 11.3 Å². The van der Waals surface area contributed by atoms with Gasteiger partial charge in [0.25, 0.3) is 11.8 Å². The highest BCUT2D eigenvalue weighted by Crippen LogP contribution is 2.26. The van der Waals surface area contributed by atoms with Crippen LogP contribution in [0, 0.1) is 0 Å². The number of carbonyl (C=O) groups is 2. The molecule has 0 aliphatic heterocycles. The van der Waals surface area contributed by atoms with E-state index in [9.17, 15) is 9.59 Å². The third-order valence-corrected chi connectivity index (χ3v) is 4.95. The van der Waals surface area contributed by atoms with Crippen LogP contribution in [0.2, 0.25) is 0 Å². The number of rotatable bonds is 6. The van der Waals surface area contributed by atoms with Gasteiger partial charge in [-0.2, -0.15) is 0 Å². The summed E-state index contributed by atoms with van der Waals surface area (Å²) in [6, 6.07) is 7.51. The number of aliphatic hydroxyl groups is 1. The molecule has 3 rings (SSSR count). The lowest BCUT2D eigenvalue weighted by atomic mass is 10.1. The Balaban J connectivity index is 1.69. The van der Waals surface area contributed by atoms with Gasteiger partial charge in [0.1, 0.15) is 5.00 Å². The molecule has 1 heterocycles. The fourth-order valence-corrected chi connectivity index (χ4v) is 3.63. The van der Waals surface area contributed by atoms with Crippen molar-refractivity contribution in [2.75, 3.05) is 18.5 Å². The first kappa shape index (κ1) is 16.7. The number of thiophene rings is 1. The Kier molecular flexibility index (Phi) is 5.27. The monoisotopic (exact) mass is 344 g/mol. The van der Waals surface area contributed by atoms with Crippen molar-refractivity contribution in [2.45, 2.75) is 25.7 Å². The maximum Gasteiger partial charge on any atom is 0.256 e. The van der Waals surface area contributed by atoms with Crippen LogP contribution < -0.4 is 10.6 Å². The zero-order valence-corrected chi connectivity index (χ0v) is 14.1. The minimum Gasteiger partial charge on any atom is -0.396 e. The van der Waals surface area contributed by atoms with E-state index in [-0.39, 0.29) is 18.4 Å². The highest BCUT2D eigenvalue weighted by molar-refractivity contribution is 7.14. The van der Waals surface area contributed by atoms with E-state index >= 15 is 0 Å². The number of anilines is 1. The van der Waals surface area contributed by atoms with Crippen molar-refractivity contribution >= 4 is 28.2 Å². The molecule has 1 aromatic heterocycles. The van der Waals surface area contributed by atoms with Gasteiger partial charge in [0, 0.05) is 18.7 Å². The zero-order chi connectivity index (χ0) is 16.9. The molecule has 5 nitrogen and oxygen atoms in total. The van der Waals surface area contributed by atoms with Crippen molar-refractivity contribution in [2.24, 2.45) is 0 Å². The topological polar surface area (TPSA) is 78.4 Å². The van der Waals surface area contributed by atoms with Crippen molar-refractivity contribution < 1.29 is 14.7 Å². The Morgan fingerprint density at radius 1 is 1.12 bits per heavy atom. The fraction of sp³-hybridized carbons (Fsp3) is 0.333. The van der Waals surface area contributed by atoms with Crippen molar-refractivity contribution in [1.29, 1.82) is 0 Å². The second-order valence-electron chi connectivity index (χ2n) is 5.79. The predicted octanol–water partition coefficient (Wildman–Crippen LogP) is 2.60. The van der Waals surface area contributed by atoms with E-state index in [1.807, 2.05) is 18.2 Å². The summed E-state index contributed by atoms with van der Waals surface area (Å²) in [4.78, 5) is 24.6. The van der Waals surface area contributed by atoms with Gasteiger partial charge in [0.15, 0.2) is 0 Å². The molecule has 0 bridgehead atoms. The average molecular weight is 344 g/mol. The second kappa shape index (κ2) is 7.59. The van der Waals surface area contributed by atoms with Crippen LogP contribution in [0.4, 0.5) is 5.00 Å². The summed E-state index contributed by atoms with van der Waals surface area (Å²) in [6.45, 7) is 0.440. The summed E-state index contributed by atoms with van der Waals surface area (Å²) in [5.41, 5.74) is 3.64. The number of aliphatic hydroxyl groups excluding tert-OH is 1. The molecule has 0 unspecified atom stereocenters. The van der Waals surface area contributed by atoms with Gasteiger partial charge < -0.3 is 15.7 Å². The molecule has 3 N–H and O–H groups in total. The fourth-order valence-electron chi connectivity index (χ4n) is 2.85. The molecule has 0 radical (unpaired) electrons. The molecule has 0 fully saturated rings. The van der Waals surface area contributed by atoms with Crippen molar-refractivity contribution in [3.05, 3.63) is 51.9 Å². The molecule has 0 saturated heterocycles. The molecular formula is C18H20N2O3S. The molecule has 0 saturated carbocycles. The molecule has 0 atom stereocenters. The Bertz CT molecular complexity index is 754. The van der Waals surface area contributed by atoms with Crippen LogP contribution in [-0.4, -0.2) is 30.1 Å². The molecule has 2 aromatic rings. The lowest BCUT2D eigenvalue weighted by molar-refractivity contribution is 0.0952. The Hall–Kier alpha value is -2.18. The summed E-state index contributed by atoms with van der Waals surface area (Å²) >= 11 is 1.32. The number of nitrogens with one attached hydrogen (secondary N) is 2. The van der Waals surface area contributed by atoms with Crippen molar-refractivity contribution in [3.8, 4) is 0 Å². The summed E-state index contributed by atoms with van der Waals surface area (Å²) in [5.74, 6) is -0.439. The van der Waals surface area contributed by atoms with E-state index in [1.165, 1.54) is 22.5 Å². The first-order valence-electron chi connectivity index (χ1n) is 8.09. The van der Waals surface area contributed by atoms with Crippen molar-refractivity contribution in [1.82, 2.24) is 5.32 Å². The van der Waals surface area contributed by atoms with Gasteiger partial charge in [0.05, 0.1) is 5.56 Å². The molecule has 6 heteroatoms. The minimum atomic E-state index is -0.242. The maximum absolute atomic E-state index is 12.5. The normalized spacial score (nSPS) is 12.7. The SMILES string of the molecule is O=C(Nc1sccc1C(=O)NCCCO)c1ccc2c(c1)CCC2. The summed E-state index contributed by atoms with van der Waals surface area (Å²) in [6.07, 6.45) is 3.75. The molecular weight excluding hydrogens is 324 g/mol. The number of hydrogen-bond acceptors (Lipinski definition) is 4. The van der Waals surface area contributed by atoms with Crippen molar-refractivity contribution in [3.63, 3.8) is 0 Å². The van der Waals surface area contributed by atoms with Crippen LogP contribution in [0.25, 0.3) is 0 Å². The van der Waals surface area contributed by atoms with Gasteiger partial charge in [-0.05, 0) is 60.4 Å². The lowest BCUT2D eigenvalue weighted by Gasteiger charge is -2.08. The number of fused-ring (bicyclic) bond motifs is 1. The van der Waals surface area contributed by atoms with Gasteiger partial charge in [-0.25, -0.2) is 0 Å². The first-order valence-corrected chi connectivity index (χ1v) is 8.96. The van der Waals surface area contributed by atoms with Crippen LogP contribution in [-0.2, 0) is 12.8 Å². The van der Waals surface area contributed by atoms with E-state index in [0.29, 0.717) is 29.1 Å². The number of benzene rings is 1. The standard InChI is InChI=1S/C18H20N2O3S/c21-9-2-8-19-17(23)15-7-10-24-18(15)20-16(22)14-6-5-12-3-1-4-13(12)11-14/h5-7,10-11,21H,1-4,8-9H2,(H,19,23)(H,20,22). The summed E-state index contributed by atoms with van der Waals surface area (Å²) in [5, 5.41) is 16.7. The highest BCUT2D eigenvalue weighted by atomic mass is 32.1. The molecule has 1 aliphatic carbocycles. The van der Waals surface area contributed by atoms with E-state index in [4.69, 9.17) is 5.11 Å². The molecule has 126 valence electrons. The Morgan fingerprint density at radius 2 is 1.96 bits per heavy atom. The minimum absolute atomic E-state index is 0.0336.